The average Bonchev–Trinajstić information content (AvgIpc) is 2.75. The van der Waals surface area contributed by atoms with Crippen molar-refractivity contribution in [1.82, 2.24) is 5.32 Å². The van der Waals surface area contributed by atoms with Gasteiger partial charge in [0.2, 0.25) is 5.91 Å². The van der Waals surface area contributed by atoms with Crippen LogP contribution >= 0.6 is 0 Å². The fourth-order valence-corrected chi connectivity index (χ4v) is 3.24. The highest BCUT2D eigenvalue weighted by molar-refractivity contribution is 5.76. The minimum atomic E-state index is 0.00576. The van der Waals surface area contributed by atoms with Crippen LogP contribution in [0.4, 0.5) is 0 Å². The lowest BCUT2D eigenvalue weighted by molar-refractivity contribution is -0.123. The first-order valence-electron chi connectivity index (χ1n) is 12.1. The van der Waals surface area contributed by atoms with Crippen LogP contribution in [0.3, 0.4) is 0 Å². The molecule has 0 radical (unpaired) electrons. The number of carbonyl (C=O) groups excluding carboxylic acids is 2. The lowest BCUT2D eigenvalue weighted by Crippen LogP contribution is -2.27. The van der Waals surface area contributed by atoms with Crippen molar-refractivity contribution in [3.8, 4) is 0 Å². The summed E-state index contributed by atoms with van der Waals surface area (Å²) in [6.07, 6.45) is 16.4. The van der Waals surface area contributed by atoms with E-state index in [1.165, 1.54) is 71.1 Å². The standard InChI is InChI=1S/C23H44N4O4/c1-22(28)21-31-20-19-30-18-17-25-23(29)15-13-11-9-7-5-3-2-4-6-8-10-12-14-16-26-27-24/h2-21H2,1H3,(H,25,29). The molecule has 8 nitrogen and oxygen atoms in total. The quantitative estimate of drug-likeness (QED) is 0.0924. The number of rotatable bonds is 24. The van der Waals surface area contributed by atoms with Crippen molar-refractivity contribution in [3.63, 3.8) is 0 Å². The Balaban J connectivity index is 3.17. The van der Waals surface area contributed by atoms with E-state index in [1.807, 2.05) is 0 Å². The van der Waals surface area contributed by atoms with E-state index < -0.39 is 0 Å². The van der Waals surface area contributed by atoms with Crippen molar-refractivity contribution in [1.29, 1.82) is 0 Å². The average molecular weight is 441 g/mol. The molecular weight excluding hydrogens is 396 g/mol. The molecule has 0 fully saturated rings. The van der Waals surface area contributed by atoms with Gasteiger partial charge in [0.25, 0.3) is 0 Å². The summed E-state index contributed by atoms with van der Waals surface area (Å²) in [5, 5.41) is 6.42. The van der Waals surface area contributed by atoms with Crippen LogP contribution in [-0.2, 0) is 19.1 Å². The maximum Gasteiger partial charge on any atom is 0.220 e. The molecule has 31 heavy (non-hydrogen) atoms. The number of amides is 1. The fraction of sp³-hybridized carbons (Fsp3) is 0.913. The van der Waals surface area contributed by atoms with Crippen LogP contribution in [0.5, 0.6) is 0 Å². The zero-order valence-electron chi connectivity index (χ0n) is 19.6. The monoisotopic (exact) mass is 440 g/mol. The number of ether oxygens (including phenoxy) is 2. The smallest absolute Gasteiger partial charge is 0.220 e. The summed E-state index contributed by atoms with van der Waals surface area (Å²) in [5.41, 5.74) is 8.19. The van der Waals surface area contributed by atoms with Gasteiger partial charge in [-0.25, -0.2) is 0 Å². The highest BCUT2D eigenvalue weighted by Gasteiger charge is 2.01. The Morgan fingerprint density at radius 3 is 1.84 bits per heavy atom. The zero-order valence-corrected chi connectivity index (χ0v) is 19.6. The minimum absolute atomic E-state index is 0.00576. The first-order valence-corrected chi connectivity index (χ1v) is 12.1. The van der Waals surface area contributed by atoms with Crippen LogP contribution < -0.4 is 5.32 Å². The van der Waals surface area contributed by atoms with Gasteiger partial charge in [-0.2, -0.15) is 0 Å². The van der Waals surface area contributed by atoms with Crippen molar-refractivity contribution in [2.75, 3.05) is 39.5 Å². The second-order valence-electron chi connectivity index (χ2n) is 8.02. The molecule has 0 atom stereocenters. The summed E-state index contributed by atoms with van der Waals surface area (Å²) in [6, 6.07) is 0. The first-order chi connectivity index (χ1) is 15.2. The summed E-state index contributed by atoms with van der Waals surface area (Å²) in [5.74, 6) is 0.0976. The largest absolute Gasteiger partial charge is 0.377 e. The lowest BCUT2D eigenvalue weighted by Gasteiger charge is -2.07. The van der Waals surface area contributed by atoms with Crippen LogP contribution in [0.1, 0.15) is 96.8 Å². The topological polar surface area (TPSA) is 113 Å². The van der Waals surface area contributed by atoms with E-state index in [2.05, 4.69) is 15.3 Å². The summed E-state index contributed by atoms with van der Waals surface area (Å²) < 4.78 is 10.4. The predicted molar refractivity (Wildman–Crippen MR) is 124 cm³/mol. The van der Waals surface area contributed by atoms with E-state index in [4.69, 9.17) is 15.0 Å². The van der Waals surface area contributed by atoms with Gasteiger partial charge in [-0.15, -0.1) is 0 Å². The molecular formula is C23H44N4O4. The van der Waals surface area contributed by atoms with Crippen molar-refractivity contribution in [2.45, 2.75) is 96.8 Å². The summed E-state index contributed by atoms with van der Waals surface area (Å²) in [7, 11) is 0. The third-order valence-electron chi connectivity index (χ3n) is 4.97. The molecule has 0 aliphatic heterocycles. The summed E-state index contributed by atoms with van der Waals surface area (Å²) in [6.45, 7) is 4.06. The molecule has 0 aliphatic rings. The fourth-order valence-electron chi connectivity index (χ4n) is 3.24. The maximum atomic E-state index is 11.8. The van der Waals surface area contributed by atoms with E-state index in [9.17, 15) is 9.59 Å². The Labute approximate surface area is 188 Å². The molecule has 0 aliphatic carbocycles. The molecule has 0 aromatic rings. The van der Waals surface area contributed by atoms with Crippen molar-refractivity contribution >= 4 is 11.7 Å². The number of Topliss-reactive ketones (excluding diaryl/α,β-unsaturated/α-hetero) is 1. The van der Waals surface area contributed by atoms with Crippen molar-refractivity contribution in [3.05, 3.63) is 10.4 Å². The summed E-state index contributed by atoms with van der Waals surface area (Å²) >= 11 is 0. The second kappa shape index (κ2) is 24.6. The molecule has 180 valence electrons. The molecule has 0 saturated carbocycles. The number of hydrogen-bond donors (Lipinski definition) is 1. The number of azide groups is 1. The Hall–Kier alpha value is -1.63. The normalized spacial score (nSPS) is 10.6. The van der Waals surface area contributed by atoms with E-state index in [0.717, 1.165) is 19.3 Å². The molecule has 1 amide bonds. The zero-order chi connectivity index (χ0) is 22.8. The molecule has 1 N–H and O–H groups in total. The van der Waals surface area contributed by atoms with Crippen LogP contribution in [-0.4, -0.2) is 51.2 Å². The van der Waals surface area contributed by atoms with Crippen LogP contribution in [0.25, 0.3) is 10.4 Å². The van der Waals surface area contributed by atoms with Gasteiger partial charge in [0.05, 0.1) is 19.8 Å². The highest BCUT2D eigenvalue weighted by Crippen LogP contribution is 2.13. The molecule has 0 aromatic heterocycles. The lowest BCUT2D eigenvalue weighted by atomic mass is 10.0. The Bertz CT molecular complexity index is 482. The molecule has 0 spiro atoms. The third kappa shape index (κ3) is 26.3. The van der Waals surface area contributed by atoms with E-state index >= 15 is 0 Å². The van der Waals surface area contributed by atoms with Gasteiger partial charge in [0.1, 0.15) is 6.61 Å². The SMILES string of the molecule is CC(=O)COCCOCCNC(=O)CCCCCCCCCCCCCCCN=[N+]=[N-]. The Kier molecular flexibility index (Phi) is 23.3. The maximum absolute atomic E-state index is 11.8. The van der Waals surface area contributed by atoms with Gasteiger partial charge in [0, 0.05) is 24.4 Å². The second-order valence-corrected chi connectivity index (χ2v) is 8.02. The van der Waals surface area contributed by atoms with E-state index in [0.29, 0.717) is 39.3 Å². The van der Waals surface area contributed by atoms with Crippen molar-refractivity contribution in [2.24, 2.45) is 5.11 Å². The van der Waals surface area contributed by atoms with Gasteiger partial charge in [-0.3, -0.25) is 9.59 Å². The predicted octanol–water partition coefficient (Wildman–Crippen LogP) is 5.50. The molecule has 0 saturated heterocycles. The Morgan fingerprint density at radius 1 is 0.774 bits per heavy atom. The van der Waals surface area contributed by atoms with E-state index in [-0.39, 0.29) is 18.3 Å². The number of ketones is 1. The Morgan fingerprint density at radius 2 is 1.29 bits per heavy atom. The van der Waals surface area contributed by atoms with Gasteiger partial charge in [-0.1, -0.05) is 75.7 Å². The number of carbonyl (C=O) groups is 2. The van der Waals surface area contributed by atoms with Crippen molar-refractivity contribution < 1.29 is 19.1 Å². The minimum Gasteiger partial charge on any atom is -0.377 e. The molecule has 0 bridgehead atoms. The van der Waals surface area contributed by atoms with Gasteiger partial charge < -0.3 is 14.8 Å². The highest BCUT2D eigenvalue weighted by atomic mass is 16.5. The molecule has 0 aromatic carbocycles. The molecule has 8 heteroatoms. The number of hydrogen-bond acceptors (Lipinski definition) is 5. The first kappa shape index (κ1) is 29.4. The van der Waals surface area contributed by atoms with E-state index in [1.54, 1.807) is 0 Å². The van der Waals surface area contributed by atoms with Crippen LogP contribution in [0, 0.1) is 0 Å². The van der Waals surface area contributed by atoms with Gasteiger partial charge >= 0.3 is 0 Å². The summed E-state index contributed by atoms with van der Waals surface area (Å²) in [4.78, 5) is 25.2. The van der Waals surface area contributed by atoms with Crippen LogP contribution in [0.15, 0.2) is 5.11 Å². The molecule has 0 unspecified atom stereocenters. The molecule has 0 heterocycles. The van der Waals surface area contributed by atoms with Gasteiger partial charge in [0.15, 0.2) is 5.78 Å². The third-order valence-corrected chi connectivity index (χ3v) is 4.97. The number of unbranched alkanes of at least 4 members (excludes halogenated alkanes) is 12. The molecule has 0 rings (SSSR count). The van der Waals surface area contributed by atoms with Crippen LogP contribution in [0.2, 0.25) is 0 Å². The number of nitrogens with zero attached hydrogens (tertiary/aromatic N) is 3. The van der Waals surface area contributed by atoms with Gasteiger partial charge in [-0.05, 0) is 25.3 Å². The number of nitrogens with one attached hydrogen (secondary N) is 1.